The van der Waals surface area contributed by atoms with Gasteiger partial charge in [0.15, 0.2) is 5.13 Å². The van der Waals surface area contributed by atoms with Gasteiger partial charge in [0.2, 0.25) is 0 Å². The largest absolute Gasteiger partial charge is 0.331 e. The second-order valence-electron chi connectivity index (χ2n) is 4.34. The van der Waals surface area contributed by atoms with Crippen molar-refractivity contribution in [2.24, 2.45) is 0 Å². The van der Waals surface area contributed by atoms with Crippen molar-refractivity contribution >= 4 is 33.8 Å². The fraction of sp³-hybridized carbons (Fsp3) is 0.0667. The van der Waals surface area contributed by atoms with Gasteiger partial charge in [-0.2, -0.15) is 0 Å². The van der Waals surface area contributed by atoms with Gasteiger partial charge in [0.05, 0.1) is 5.69 Å². The third-order valence-corrected chi connectivity index (χ3v) is 4.02. The van der Waals surface area contributed by atoms with E-state index in [-0.39, 0.29) is 0 Å². The summed E-state index contributed by atoms with van der Waals surface area (Å²) in [5.74, 6) is 0. The van der Waals surface area contributed by atoms with Crippen LogP contribution < -0.4 is 5.32 Å². The van der Waals surface area contributed by atoms with Gasteiger partial charge in [-0.05, 0) is 36.8 Å². The van der Waals surface area contributed by atoms with E-state index in [1.807, 2.05) is 48.7 Å². The summed E-state index contributed by atoms with van der Waals surface area (Å²) in [5.41, 5.74) is 3.74. The summed E-state index contributed by atoms with van der Waals surface area (Å²) in [6.07, 6.45) is 1.77. The molecule has 20 heavy (non-hydrogen) atoms. The number of halogens is 1. The summed E-state index contributed by atoms with van der Waals surface area (Å²) in [6, 6.07) is 11.7. The zero-order valence-electron chi connectivity index (χ0n) is 10.8. The summed E-state index contributed by atoms with van der Waals surface area (Å²) in [6.45, 7) is 1.98. The lowest BCUT2D eigenvalue weighted by Gasteiger charge is -2.04. The maximum Gasteiger partial charge on any atom is 0.187 e. The minimum atomic E-state index is 0.747. The first kappa shape index (κ1) is 13.1. The lowest BCUT2D eigenvalue weighted by molar-refractivity contribution is 1.28. The average Bonchev–Trinajstić information content (AvgIpc) is 2.92. The van der Waals surface area contributed by atoms with Gasteiger partial charge in [-0.15, -0.1) is 11.3 Å². The van der Waals surface area contributed by atoms with Crippen LogP contribution in [-0.4, -0.2) is 9.97 Å². The molecule has 0 saturated carbocycles. The number of rotatable bonds is 3. The second-order valence-corrected chi connectivity index (χ2v) is 5.61. The number of aromatic nitrogens is 2. The molecule has 0 radical (unpaired) electrons. The molecule has 0 aliphatic heterocycles. The second kappa shape index (κ2) is 5.61. The monoisotopic (exact) mass is 301 g/mol. The van der Waals surface area contributed by atoms with E-state index in [9.17, 15) is 0 Å². The number of hydrogen-bond donors (Lipinski definition) is 1. The van der Waals surface area contributed by atoms with Gasteiger partial charge in [0.1, 0.15) is 5.69 Å². The molecular weight excluding hydrogens is 290 g/mol. The SMILES string of the molecule is Cc1ccc(Nc2nc(-c3ccccn3)cs2)cc1Cl. The molecule has 3 rings (SSSR count). The third-order valence-electron chi connectivity index (χ3n) is 2.85. The molecule has 3 nitrogen and oxygen atoms in total. The standard InChI is InChI=1S/C15H12ClN3S/c1-10-5-6-11(8-12(10)16)18-15-19-14(9-20-15)13-4-2-3-7-17-13/h2-9H,1H3,(H,18,19). The number of aryl methyl sites for hydroxylation is 1. The van der Waals surface area contributed by atoms with Crippen LogP contribution in [0.3, 0.4) is 0 Å². The number of benzene rings is 1. The molecule has 5 heteroatoms. The summed E-state index contributed by atoms with van der Waals surface area (Å²) in [4.78, 5) is 8.82. The number of nitrogens with zero attached hydrogens (tertiary/aromatic N) is 2. The minimum absolute atomic E-state index is 0.747. The van der Waals surface area contributed by atoms with Crippen LogP contribution >= 0.6 is 22.9 Å². The predicted molar refractivity (Wildman–Crippen MR) is 84.8 cm³/mol. The van der Waals surface area contributed by atoms with Crippen molar-refractivity contribution in [3.63, 3.8) is 0 Å². The molecule has 0 amide bonds. The highest BCUT2D eigenvalue weighted by Crippen LogP contribution is 2.27. The number of nitrogens with one attached hydrogen (secondary N) is 1. The van der Waals surface area contributed by atoms with Crippen molar-refractivity contribution in [2.75, 3.05) is 5.32 Å². The van der Waals surface area contributed by atoms with E-state index in [1.165, 1.54) is 0 Å². The summed E-state index contributed by atoms with van der Waals surface area (Å²) < 4.78 is 0. The van der Waals surface area contributed by atoms with Crippen molar-refractivity contribution in [3.05, 3.63) is 58.6 Å². The quantitative estimate of drug-likeness (QED) is 0.747. The van der Waals surface area contributed by atoms with E-state index in [4.69, 9.17) is 11.6 Å². The molecular formula is C15H12ClN3S. The minimum Gasteiger partial charge on any atom is -0.331 e. The highest BCUT2D eigenvalue weighted by atomic mass is 35.5. The molecule has 3 aromatic rings. The molecule has 0 aliphatic rings. The molecule has 100 valence electrons. The van der Waals surface area contributed by atoms with Gasteiger partial charge < -0.3 is 5.32 Å². The van der Waals surface area contributed by atoms with E-state index in [1.54, 1.807) is 17.5 Å². The molecule has 2 aromatic heterocycles. The van der Waals surface area contributed by atoms with Gasteiger partial charge in [0, 0.05) is 22.3 Å². The number of thiazole rings is 1. The van der Waals surface area contributed by atoms with Gasteiger partial charge in [-0.1, -0.05) is 23.7 Å². The van der Waals surface area contributed by atoms with Crippen LogP contribution in [0.4, 0.5) is 10.8 Å². The molecule has 0 spiro atoms. The van der Waals surface area contributed by atoms with Crippen LogP contribution in [-0.2, 0) is 0 Å². The van der Waals surface area contributed by atoms with Crippen LogP contribution in [0.5, 0.6) is 0 Å². The Morgan fingerprint density at radius 1 is 1.15 bits per heavy atom. The Morgan fingerprint density at radius 2 is 2.05 bits per heavy atom. The highest BCUT2D eigenvalue weighted by molar-refractivity contribution is 7.14. The molecule has 2 heterocycles. The van der Waals surface area contributed by atoms with E-state index >= 15 is 0 Å². The zero-order valence-corrected chi connectivity index (χ0v) is 12.4. The Kier molecular flexibility index (Phi) is 3.67. The predicted octanol–water partition coefficient (Wildman–Crippen LogP) is 4.91. The Morgan fingerprint density at radius 3 is 2.80 bits per heavy atom. The zero-order chi connectivity index (χ0) is 13.9. The van der Waals surface area contributed by atoms with Crippen molar-refractivity contribution in [1.82, 2.24) is 9.97 Å². The van der Waals surface area contributed by atoms with Crippen LogP contribution in [0.2, 0.25) is 5.02 Å². The molecule has 0 saturated heterocycles. The third kappa shape index (κ3) is 2.81. The van der Waals surface area contributed by atoms with E-state index in [0.29, 0.717) is 0 Å². The van der Waals surface area contributed by atoms with Gasteiger partial charge in [-0.25, -0.2) is 4.98 Å². The van der Waals surface area contributed by atoms with Crippen molar-refractivity contribution in [3.8, 4) is 11.4 Å². The van der Waals surface area contributed by atoms with Gasteiger partial charge in [-0.3, -0.25) is 4.98 Å². The van der Waals surface area contributed by atoms with Crippen LogP contribution in [0.25, 0.3) is 11.4 Å². The molecule has 0 unspecified atom stereocenters. The molecule has 0 aliphatic carbocycles. The van der Waals surface area contributed by atoms with E-state index < -0.39 is 0 Å². The Bertz CT molecular complexity index is 725. The smallest absolute Gasteiger partial charge is 0.187 e. The lowest BCUT2D eigenvalue weighted by atomic mass is 10.2. The molecule has 1 N–H and O–H groups in total. The van der Waals surface area contributed by atoms with Gasteiger partial charge >= 0.3 is 0 Å². The van der Waals surface area contributed by atoms with Crippen molar-refractivity contribution in [1.29, 1.82) is 0 Å². The first-order valence-electron chi connectivity index (χ1n) is 6.12. The molecule has 0 bridgehead atoms. The number of hydrogen-bond acceptors (Lipinski definition) is 4. The highest BCUT2D eigenvalue weighted by Gasteiger charge is 2.06. The van der Waals surface area contributed by atoms with E-state index in [2.05, 4.69) is 15.3 Å². The fourth-order valence-corrected chi connectivity index (χ4v) is 2.66. The Hall–Kier alpha value is -1.91. The number of pyridine rings is 1. The molecule has 0 atom stereocenters. The van der Waals surface area contributed by atoms with Crippen LogP contribution in [0.1, 0.15) is 5.56 Å². The lowest BCUT2D eigenvalue weighted by Crippen LogP contribution is -1.90. The maximum atomic E-state index is 6.11. The summed E-state index contributed by atoms with van der Waals surface area (Å²) in [5, 5.41) is 6.82. The normalized spacial score (nSPS) is 10.5. The summed E-state index contributed by atoms with van der Waals surface area (Å²) >= 11 is 7.66. The van der Waals surface area contributed by atoms with Crippen molar-refractivity contribution in [2.45, 2.75) is 6.92 Å². The van der Waals surface area contributed by atoms with Crippen molar-refractivity contribution < 1.29 is 0 Å². The maximum absolute atomic E-state index is 6.11. The first-order valence-corrected chi connectivity index (χ1v) is 7.38. The van der Waals surface area contributed by atoms with Gasteiger partial charge in [0.25, 0.3) is 0 Å². The molecule has 1 aromatic carbocycles. The first-order chi connectivity index (χ1) is 9.72. The van der Waals surface area contributed by atoms with E-state index in [0.717, 1.165) is 32.8 Å². The Balaban J connectivity index is 1.82. The fourth-order valence-electron chi connectivity index (χ4n) is 1.76. The van der Waals surface area contributed by atoms with Crippen LogP contribution in [0.15, 0.2) is 48.0 Å². The Labute approximate surface area is 126 Å². The van der Waals surface area contributed by atoms with Crippen LogP contribution in [0, 0.1) is 6.92 Å². The average molecular weight is 302 g/mol. The topological polar surface area (TPSA) is 37.8 Å². The summed E-state index contributed by atoms with van der Waals surface area (Å²) in [7, 11) is 0. The molecule has 0 fully saturated rings. The number of anilines is 2.